The molecule has 0 spiro atoms. The lowest BCUT2D eigenvalue weighted by atomic mass is 10.2. The first-order valence-electron chi connectivity index (χ1n) is 6.48. The summed E-state index contributed by atoms with van der Waals surface area (Å²) in [5.74, 6) is -0.924. The molecule has 0 saturated carbocycles. The number of hydrogen-bond acceptors (Lipinski definition) is 5. The lowest BCUT2D eigenvalue weighted by Crippen LogP contribution is -2.41. The van der Waals surface area contributed by atoms with Gasteiger partial charge in [0.1, 0.15) is 10.7 Å². The summed E-state index contributed by atoms with van der Waals surface area (Å²) in [6, 6.07) is 8.38. The van der Waals surface area contributed by atoms with E-state index in [-0.39, 0.29) is 5.69 Å². The van der Waals surface area contributed by atoms with E-state index in [9.17, 15) is 9.59 Å². The van der Waals surface area contributed by atoms with Crippen LogP contribution in [0.1, 0.15) is 20.8 Å². The number of thiophene rings is 1. The number of thiazole rings is 1. The van der Waals surface area contributed by atoms with Crippen LogP contribution in [0.5, 0.6) is 0 Å². The second-order valence-electron chi connectivity index (χ2n) is 4.47. The Morgan fingerprint density at radius 3 is 2.65 bits per heavy atom. The Hall–Kier alpha value is -2.22. The number of carbonyl (C=O) groups is 2. The molecule has 2 amide bonds. The second-order valence-corrected chi connectivity index (χ2v) is 6.54. The third-order valence-corrected chi connectivity index (χ3v) is 4.69. The first-order chi connectivity index (χ1) is 11.1. The molecule has 0 bridgehead atoms. The number of nitrogens with zero attached hydrogens (tertiary/aromatic N) is 1. The Morgan fingerprint density at radius 2 is 1.91 bits per heavy atom. The van der Waals surface area contributed by atoms with E-state index in [0.717, 1.165) is 10.6 Å². The van der Waals surface area contributed by atoms with Gasteiger partial charge in [-0.3, -0.25) is 20.4 Å². The number of aromatic nitrogens is 1. The molecule has 8 heteroatoms. The minimum absolute atomic E-state index is 0.252. The topological polar surface area (TPSA) is 71.1 Å². The molecule has 0 radical (unpaired) electrons. The van der Waals surface area contributed by atoms with Gasteiger partial charge < -0.3 is 0 Å². The van der Waals surface area contributed by atoms with Crippen LogP contribution in [-0.2, 0) is 0 Å². The normalized spacial score (nSPS) is 10.3. The van der Waals surface area contributed by atoms with Crippen molar-refractivity contribution in [2.45, 2.75) is 0 Å². The molecule has 3 rings (SSSR count). The lowest BCUT2D eigenvalue weighted by molar-refractivity contribution is 0.0844. The summed E-state index contributed by atoms with van der Waals surface area (Å²) < 4.78 is 0. The molecule has 0 aliphatic carbocycles. The highest BCUT2D eigenvalue weighted by Gasteiger charge is 2.13. The zero-order valence-corrected chi connectivity index (χ0v) is 14.0. The summed E-state index contributed by atoms with van der Waals surface area (Å²) in [6.07, 6.45) is 0. The van der Waals surface area contributed by atoms with Crippen molar-refractivity contribution in [1.82, 2.24) is 15.8 Å². The summed E-state index contributed by atoms with van der Waals surface area (Å²) >= 11 is 8.76. The van der Waals surface area contributed by atoms with E-state index < -0.39 is 11.8 Å². The van der Waals surface area contributed by atoms with Gasteiger partial charge in [-0.05, 0) is 29.6 Å². The van der Waals surface area contributed by atoms with E-state index >= 15 is 0 Å². The van der Waals surface area contributed by atoms with Crippen LogP contribution < -0.4 is 10.9 Å². The maximum atomic E-state index is 12.0. The van der Waals surface area contributed by atoms with Crippen molar-refractivity contribution in [3.63, 3.8) is 0 Å². The maximum absolute atomic E-state index is 12.0. The molecule has 0 unspecified atom stereocenters. The minimum atomic E-state index is -0.474. The molecule has 0 atom stereocenters. The molecule has 2 N–H and O–H groups in total. The first-order valence-corrected chi connectivity index (χ1v) is 8.68. The number of rotatable bonds is 3. The van der Waals surface area contributed by atoms with Crippen LogP contribution in [-0.4, -0.2) is 16.8 Å². The Balaban J connectivity index is 1.62. The summed E-state index contributed by atoms with van der Waals surface area (Å²) in [6.45, 7) is 0. The van der Waals surface area contributed by atoms with Gasteiger partial charge in [-0.25, -0.2) is 4.98 Å². The molecular formula is C15H10ClN3O2S2. The minimum Gasteiger partial charge on any atom is -0.267 e. The molecule has 1 aromatic carbocycles. The SMILES string of the molecule is O=C(NNC(=O)c1csc(-c2ccsc2)n1)c1cccc(Cl)c1. The number of hydrogen-bond donors (Lipinski definition) is 2. The van der Waals surface area contributed by atoms with Crippen LogP contribution in [0.3, 0.4) is 0 Å². The number of halogens is 1. The van der Waals surface area contributed by atoms with Crippen LogP contribution >= 0.6 is 34.3 Å². The van der Waals surface area contributed by atoms with E-state index in [1.165, 1.54) is 17.4 Å². The van der Waals surface area contributed by atoms with Gasteiger partial charge in [-0.1, -0.05) is 17.7 Å². The second kappa shape index (κ2) is 6.91. The van der Waals surface area contributed by atoms with E-state index in [1.54, 1.807) is 34.9 Å². The van der Waals surface area contributed by atoms with Crippen molar-refractivity contribution >= 4 is 46.1 Å². The Morgan fingerprint density at radius 1 is 1.09 bits per heavy atom. The highest BCUT2D eigenvalue weighted by atomic mass is 35.5. The third-order valence-electron chi connectivity index (χ3n) is 2.88. The fraction of sp³-hybridized carbons (Fsp3) is 0. The predicted octanol–water partition coefficient (Wildman–Crippen LogP) is 3.60. The molecule has 2 aromatic heterocycles. The molecule has 23 heavy (non-hydrogen) atoms. The van der Waals surface area contributed by atoms with Crippen molar-refractivity contribution in [3.05, 3.63) is 62.8 Å². The van der Waals surface area contributed by atoms with Crippen molar-refractivity contribution < 1.29 is 9.59 Å². The Labute approximate surface area is 144 Å². The summed E-state index contributed by atoms with van der Waals surface area (Å²) in [5, 5.41) is 6.76. The molecule has 5 nitrogen and oxygen atoms in total. The van der Waals surface area contributed by atoms with Crippen molar-refractivity contribution in [2.75, 3.05) is 0 Å². The number of carbonyl (C=O) groups excluding carboxylic acids is 2. The van der Waals surface area contributed by atoms with Crippen molar-refractivity contribution in [3.8, 4) is 10.6 Å². The van der Waals surface area contributed by atoms with E-state index in [0.29, 0.717) is 10.6 Å². The zero-order valence-electron chi connectivity index (χ0n) is 11.6. The van der Waals surface area contributed by atoms with Crippen LogP contribution in [0.2, 0.25) is 5.02 Å². The molecule has 116 valence electrons. The predicted molar refractivity (Wildman–Crippen MR) is 91.8 cm³/mol. The van der Waals surface area contributed by atoms with Gasteiger partial charge >= 0.3 is 0 Å². The zero-order chi connectivity index (χ0) is 16.2. The molecule has 0 aliphatic heterocycles. The third kappa shape index (κ3) is 3.76. The lowest BCUT2D eigenvalue weighted by Gasteiger charge is -2.06. The molecule has 0 saturated heterocycles. The molecule has 2 heterocycles. The van der Waals surface area contributed by atoms with E-state index in [2.05, 4.69) is 15.8 Å². The van der Waals surface area contributed by atoms with E-state index in [1.807, 2.05) is 16.8 Å². The average Bonchev–Trinajstić information content (AvgIpc) is 3.22. The monoisotopic (exact) mass is 363 g/mol. The van der Waals surface area contributed by atoms with Crippen LogP contribution in [0, 0.1) is 0 Å². The molecular weight excluding hydrogens is 354 g/mol. The first kappa shape index (κ1) is 15.7. The smallest absolute Gasteiger partial charge is 0.267 e. The van der Waals surface area contributed by atoms with Gasteiger partial charge in [-0.2, -0.15) is 11.3 Å². The summed E-state index contributed by atoms with van der Waals surface area (Å²) in [4.78, 5) is 28.2. The van der Waals surface area contributed by atoms with Gasteiger partial charge in [-0.15, -0.1) is 11.3 Å². The number of amides is 2. The highest BCUT2D eigenvalue weighted by Crippen LogP contribution is 2.25. The molecule has 3 aromatic rings. The Kier molecular flexibility index (Phi) is 4.71. The summed E-state index contributed by atoms with van der Waals surface area (Å²) in [7, 11) is 0. The fourth-order valence-electron chi connectivity index (χ4n) is 1.78. The quantitative estimate of drug-likeness (QED) is 0.698. The van der Waals surface area contributed by atoms with E-state index in [4.69, 9.17) is 11.6 Å². The highest BCUT2D eigenvalue weighted by molar-refractivity contribution is 7.14. The van der Waals surface area contributed by atoms with Crippen LogP contribution in [0.25, 0.3) is 10.6 Å². The van der Waals surface area contributed by atoms with Gasteiger partial charge in [0.2, 0.25) is 0 Å². The van der Waals surface area contributed by atoms with Crippen LogP contribution in [0.4, 0.5) is 0 Å². The number of hydrazine groups is 1. The van der Waals surface area contributed by atoms with Crippen molar-refractivity contribution in [1.29, 1.82) is 0 Å². The van der Waals surface area contributed by atoms with Gasteiger partial charge in [0, 0.05) is 26.9 Å². The van der Waals surface area contributed by atoms with Crippen LogP contribution in [0.15, 0.2) is 46.5 Å². The Bertz CT molecular complexity index is 846. The maximum Gasteiger partial charge on any atom is 0.289 e. The average molecular weight is 364 g/mol. The largest absolute Gasteiger partial charge is 0.289 e. The number of nitrogens with one attached hydrogen (secondary N) is 2. The molecule has 0 fully saturated rings. The van der Waals surface area contributed by atoms with Gasteiger partial charge in [0.05, 0.1) is 0 Å². The van der Waals surface area contributed by atoms with Gasteiger partial charge in [0.15, 0.2) is 0 Å². The summed E-state index contributed by atoms with van der Waals surface area (Å²) in [5.41, 5.74) is 6.26. The fourth-order valence-corrected chi connectivity index (χ4v) is 3.48. The standard InChI is InChI=1S/C15H10ClN3O2S2/c16-11-3-1-2-9(6-11)13(20)18-19-14(21)12-8-23-15(17-12)10-4-5-22-7-10/h1-8H,(H,18,20)(H,19,21). The van der Waals surface area contributed by atoms with Crippen molar-refractivity contribution in [2.24, 2.45) is 0 Å². The van der Waals surface area contributed by atoms with Gasteiger partial charge in [0.25, 0.3) is 11.8 Å². The molecule has 0 aliphatic rings. The number of benzene rings is 1.